The summed E-state index contributed by atoms with van der Waals surface area (Å²) < 4.78 is 5.52. The minimum Gasteiger partial charge on any atom is -0.479 e. The molecule has 2 aliphatic heterocycles. The molecule has 3 heterocycles. The average Bonchev–Trinajstić information content (AvgIpc) is 3.34. The van der Waals surface area contributed by atoms with Gasteiger partial charge in [-0.2, -0.15) is 0 Å². The molecule has 1 unspecified atom stereocenters. The second-order valence-corrected chi connectivity index (χ2v) is 7.53. The number of anilines is 2. The van der Waals surface area contributed by atoms with Crippen LogP contribution in [0.4, 0.5) is 11.4 Å². The largest absolute Gasteiger partial charge is 0.479 e. The van der Waals surface area contributed by atoms with E-state index < -0.39 is 12.1 Å². The molecule has 0 spiro atoms. The van der Waals surface area contributed by atoms with Crippen LogP contribution in [0.2, 0.25) is 0 Å². The molecule has 1 fully saturated rings. The third-order valence-corrected chi connectivity index (χ3v) is 5.58. The highest BCUT2D eigenvalue weighted by Gasteiger charge is 2.35. The van der Waals surface area contributed by atoms with Crippen molar-refractivity contribution >= 4 is 40.4 Å². The van der Waals surface area contributed by atoms with Crippen LogP contribution in [-0.2, 0) is 9.59 Å². The SMILES string of the molecule is CC1Oc2ccc(NC(=O)[C@@H]3CCCN3C(=O)c3cccs3)cc2NC1=O. The molecule has 2 atom stereocenters. The molecule has 4 rings (SSSR count). The van der Waals surface area contributed by atoms with Crippen LogP contribution in [0.1, 0.15) is 29.4 Å². The van der Waals surface area contributed by atoms with E-state index in [0.29, 0.717) is 35.0 Å². The Morgan fingerprint density at radius 2 is 2.19 bits per heavy atom. The molecule has 1 aromatic carbocycles. The maximum absolute atomic E-state index is 12.8. The summed E-state index contributed by atoms with van der Waals surface area (Å²) in [5, 5.41) is 7.46. The zero-order valence-corrected chi connectivity index (χ0v) is 15.5. The lowest BCUT2D eigenvalue weighted by atomic mass is 10.1. The van der Waals surface area contributed by atoms with Crippen molar-refractivity contribution in [3.8, 4) is 5.75 Å². The van der Waals surface area contributed by atoms with Gasteiger partial charge in [0.2, 0.25) is 5.91 Å². The number of hydrogen-bond donors (Lipinski definition) is 2. The predicted molar refractivity (Wildman–Crippen MR) is 102 cm³/mol. The van der Waals surface area contributed by atoms with Gasteiger partial charge in [0, 0.05) is 12.2 Å². The molecule has 27 heavy (non-hydrogen) atoms. The number of amides is 3. The second kappa shape index (κ2) is 7.03. The Balaban J connectivity index is 1.48. The number of hydrogen-bond acceptors (Lipinski definition) is 5. The average molecular weight is 385 g/mol. The van der Waals surface area contributed by atoms with Gasteiger partial charge in [-0.25, -0.2) is 0 Å². The molecule has 3 amide bonds. The molecule has 2 aromatic rings. The number of nitrogens with zero attached hydrogens (tertiary/aromatic N) is 1. The summed E-state index contributed by atoms with van der Waals surface area (Å²) in [7, 11) is 0. The maximum Gasteiger partial charge on any atom is 0.265 e. The normalized spacial score (nSPS) is 21.2. The first-order valence-corrected chi connectivity index (χ1v) is 9.68. The number of fused-ring (bicyclic) bond motifs is 1. The highest BCUT2D eigenvalue weighted by Crippen LogP contribution is 2.32. The van der Waals surface area contributed by atoms with Crippen molar-refractivity contribution in [1.82, 2.24) is 4.90 Å². The molecule has 7 nitrogen and oxygen atoms in total. The molecule has 2 aliphatic rings. The van der Waals surface area contributed by atoms with Crippen LogP contribution < -0.4 is 15.4 Å². The summed E-state index contributed by atoms with van der Waals surface area (Å²) in [6.45, 7) is 2.24. The fourth-order valence-corrected chi connectivity index (χ4v) is 4.02. The van der Waals surface area contributed by atoms with E-state index in [-0.39, 0.29) is 17.7 Å². The van der Waals surface area contributed by atoms with E-state index in [1.807, 2.05) is 11.4 Å². The van der Waals surface area contributed by atoms with Gasteiger partial charge in [0.25, 0.3) is 11.8 Å². The summed E-state index contributed by atoms with van der Waals surface area (Å²) in [6, 6.07) is 8.20. The molecule has 1 saturated heterocycles. The number of carbonyl (C=O) groups is 3. The number of nitrogens with one attached hydrogen (secondary N) is 2. The van der Waals surface area contributed by atoms with Gasteiger partial charge >= 0.3 is 0 Å². The van der Waals surface area contributed by atoms with Crippen LogP contribution in [0.3, 0.4) is 0 Å². The lowest BCUT2D eigenvalue weighted by molar-refractivity contribution is -0.122. The quantitative estimate of drug-likeness (QED) is 0.850. The first kappa shape index (κ1) is 17.5. The standard InChI is InChI=1S/C19H19N3O4S/c1-11-17(23)21-13-10-12(6-7-15(13)26-11)20-18(24)14-4-2-8-22(14)19(25)16-5-3-9-27-16/h3,5-7,9-11,14H,2,4,8H2,1H3,(H,20,24)(H,21,23)/t11?,14-/m0/s1. The van der Waals surface area contributed by atoms with Gasteiger partial charge in [-0.3, -0.25) is 14.4 Å². The van der Waals surface area contributed by atoms with Crippen molar-refractivity contribution in [3.63, 3.8) is 0 Å². The topological polar surface area (TPSA) is 87.7 Å². The fourth-order valence-electron chi connectivity index (χ4n) is 3.34. The second-order valence-electron chi connectivity index (χ2n) is 6.58. The summed E-state index contributed by atoms with van der Waals surface area (Å²) in [5.41, 5.74) is 1.07. The molecular formula is C19H19N3O4S. The summed E-state index contributed by atoms with van der Waals surface area (Å²) in [4.78, 5) is 39.4. The van der Waals surface area contributed by atoms with Crippen molar-refractivity contribution in [2.24, 2.45) is 0 Å². The molecule has 8 heteroatoms. The zero-order valence-electron chi connectivity index (χ0n) is 14.7. The van der Waals surface area contributed by atoms with Gasteiger partial charge in [-0.15, -0.1) is 11.3 Å². The number of benzene rings is 1. The van der Waals surface area contributed by atoms with Gasteiger partial charge in [-0.05, 0) is 49.4 Å². The number of ether oxygens (including phenoxy) is 1. The van der Waals surface area contributed by atoms with Crippen LogP contribution in [0, 0.1) is 0 Å². The minimum atomic E-state index is -0.548. The van der Waals surface area contributed by atoms with Crippen LogP contribution in [0.15, 0.2) is 35.7 Å². The lowest BCUT2D eigenvalue weighted by Crippen LogP contribution is -2.43. The summed E-state index contributed by atoms with van der Waals surface area (Å²) in [6.07, 6.45) is 0.875. The van der Waals surface area contributed by atoms with Crippen LogP contribution >= 0.6 is 11.3 Å². The van der Waals surface area contributed by atoms with E-state index in [1.54, 1.807) is 36.1 Å². The Bertz CT molecular complexity index is 896. The van der Waals surface area contributed by atoms with Crippen LogP contribution in [0.5, 0.6) is 5.75 Å². The molecule has 0 aliphatic carbocycles. The van der Waals surface area contributed by atoms with Crippen molar-refractivity contribution in [2.45, 2.75) is 31.9 Å². The van der Waals surface area contributed by atoms with E-state index in [2.05, 4.69) is 10.6 Å². The smallest absolute Gasteiger partial charge is 0.265 e. The first-order valence-electron chi connectivity index (χ1n) is 8.80. The summed E-state index contributed by atoms with van der Waals surface area (Å²) >= 11 is 1.37. The molecule has 0 saturated carbocycles. The van der Waals surface area contributed by atoms with Gasteiger partial charge < -0.3 is 20.3 Å². The fraction of sp³-hybridized carbons (Fsp3) is 0.316. The molecule has 140 valence electrons. The predicted octanol–water partition coefficient (Wildman–Crippen LogP) is 2.71. The third kappa shape index (κ3) is 3.40. The third-order valence-electron chi connectivity index (χ3n) is 4.73. The molecular weight excluding hydrogens is 366 g/mol. The molecule has 2 N–H and O–H groups in total. The number of rotatable bonds is 3. The van der Waals surface area contributed by atoms with E-state index >= 15 is 0 Å². The number of thiophene rings is 1. The number of carbonyl (C=O) groups excluding carboxylic acids is 3. The van der Waals surface area contributed by atoms with E-state index in [4.69, 9.17) is 4.74 Å². The highest BCUT2D eigenvalue weighted by atomic mass is 32.1. The molecule has 1 aromatic heterocycles. The van der Waals surface area contributed by atoms with E-state index in [9.17, 15) is 14.4 Å². The van der Waals surface area contributed by atoms with E-state index in [1.165, 1.54) is 11.3 Å². The summed E-state index contributed by atoms with van der Waals surface area (Å²) in [5.74, 6) is 0.00137. The highest BCUT2D eigenvalue weighted by molar-refractivity contribution is 7.12. The first-order chi connectivity index (χ1) is 13.0. The molecule has 0 bridgehead atoms. The van der Waals surface area contributed by atoms with Crippen molar-refractivity contribution < 1.29 is 19.1 Å². The Hall–Kier alpha value is -2.87. The van der Waals surface area contributed by atoms with Crippen LogP contribution in [-0.4, -0.2) is 41.3 Å². The van der Waals surface area contributed by atoms with E-state index in [0.717, 1.165) is 6.42 Å². The van der Waals surface area contributed by atoms with Crippen LogP contribution in [0.25, 0.3) is 0 Å². The maximum atomic E-state index is 12.8. The molecule has 0 radical (unpaired) electrons. The van der Waals surface area contributed by atoms with Gasteiger partial charge in [0.15, 0.2) is 6.10 Å². The minimum absolute atomic E-state index is 0.109. The Morgan fingerprint density at radius 3 is 2.96 bits per heavy atom. The van der Waals surface area contributed by atoms with Gasteiger partial charge in [0.1, 0.15) is 11.8 Å². The zero-order chi connectivity index (χ0) is 19.0. The van der Waals surface area contributed by atoms with Gasteiger partial charge in [0.05, 0.1) is 10.6 Å². The Labute approximate surface area is 160 Å². The lowest BCUT2D eigenvalue weighted by Gasteiger charge is -2.25. The van der Waals surface area contributed by atoms with Gasteiger partial charge in [-0.1, -0.05) is 6.07 Å². The van der Waals surface area contributed by atoms with Crippen molar-refractivity contribution in [3.05, 3.63) is 40.6 Å². The monoisotopic (exact) mass is 385 g/mol. The van der Waals surface area contributed by atoms with Crippen molar-refractivity contribution in [1.29, 1.82) is 0 Å². The van der Waals surface area contributed by atoms with Crippen molar-refractivity contribution in [2.75, 3.05) is 17.2 Å². The Kier molecular flexibility index (Phi) is 4.57. The Morgan fingerprint density at radius 1 is 1.33 bits per heavy atom. The number of likely N-dealkylation sites (tertiary alicyclic amines) is 1.